The van der Waals surface area contributed by atoms with E-state index in [9.17, 15) is 9.90 Å². The summed E-state index contributed by atoms with van der Waals surface area (Å²) in [5, 5.41) is 9.98. The van der Waals surface area contributed by atoms with Crippen LogP contribution in [-0.2, 0) is 21.9 Å². The first-order valence-electron chi connectivity index (χ1n) is 5.29. The molecule has 2 nitrogen and oxygen atoms in total. The fraction of sp³-hybridized carbons (Fsp3) is 0.462. The van der Waals surface area contributed by atoms with Gasteiger partial charge in [0.15, 0.2) is 5.78 Å². The monoisotopic (exact) mass is 270 g/mol. The van der Waals surface area contributed by atoms with Crippen LogP contribution in [0, 0.1) is 0 Å². The van der Waals surface area contributed by atoms with Crippen LogP contribution in [0.25, 0.3) is 0 Å². The first-order valence-corrected chi connectivity index (χ1v) is 5.29. The maximum atomic E-state index is 9.98. The average molecular weight is 271 g/mol. The molecule has 1 aliphatic carbocycles. The number of ketones is 1. The first kappa shape index (κ1) is 17.6. The fourth-order valence-corrected chi connectivity index (χ4v) is 1.14. The molecular formula is C13H19CuO2. The molecule has 0 N–H and O–H groups in total. The minimum absolute atomic E-state index is 0. The third-order valence-electron chi connectivity index (χ3n) is 1.74. The van der Waals surface area contributed by atoms with Crippen molar-refractivity contribution in [1.82, 2.24) is 0 Å². The number of hydrogen-bond donors (Lipinski definition) is 0. The molecule has 0 radical (unpaired) electrons. The minimum atomic E-state index is -0.187. The van der Waals surface area contributed by atoms with E-state index in [-0.39, 0.29) is 28.6 Å². The van der Waals surface area contributed by atoms with Crippen LogP contribution in [0.3, 0.4) is 0 Å². The molecule has 1 aliphatic rings. The molecule has 0 aromatic carbocycles. The van der Waals surface area contributed by atoms with Gasteiger partial charge in [-0.2, -0.15) is 0 Å². The van der Waals surface area contributed by atoms with E-state index in [2.05, 4.69) is 24.3 Å². The molecule has 16 heavy (non-hydrogen) atoms. The van der Waals surface area contributed by atoms with Gasteiger partial charge in [-0.25, -0.2) is 0 Å². The maximum absolute atomic E-state index is 9.98. The van der Waals surface area contributed by atoms with E-state index in [1.54, 1.807) is 0 Å². The molecule has 0 saturated heterocycles. The smallest absolute Gasteiger partial charge is 0.876 e. The van der Waals surface area contributed by atoms with E-state index in [0.717, 1.165) is 6.08 Å². The third kappa shape index (κ3) is 15.7. The van der Waals surface area contributed by atoms with E-state index >= 15 is 0 Å². The van der Waals surface area contributed by atoms with Gasteiger partial charge in [-0.3, -0.25) is 4.79 Å². The Kier molecular flexibility index (Phi) is 13.5. The zero-order chi connectivity index (χ0) is 11.5. The van der Waals surface area contributed by atoms with Gasteiger partial charge in [-0.05, 0) is 38.7 Å². The standard InChI is InChI=1S/C8H12.C5H8O2.Cu/c1-2-4-6-8-7-5-3-1;1-4(6)3-5(2)7;/h1-2,7-8H,3-6H2;3,6H,1-2H3;/q;;+1/p-1/b2-1-,8-7-;4-3-;. The van der Waals surface area contributed by atoms with Gasteiger partial charge in [0, 0.05) is 0 Å². The zero-order valence-electron chi connectivity index (χ0n) is 9.83. The van der Waals surface area contributed by atoms with Crippen molar-refractivity contribution in [3.63, 3.8) is 0 Å². The van der Waals surface area contributed by atoms with E-state index in [4.69, 9.17) is 0 Å². The van der Waals surface area contributed by atoms with Crippen molar-refractivity contribution in [2.24, 2.45) is 0 Å². The Morgan fingerprint density at radius 3 is 1.44 bits per heavy atom. The number of carbonyl (C=O) groups excluding carboxylic acids is 1. The summed E-state index contributed by atoms with van der Waals surface area (Å²) in [6.07, 6.45) is 15.1. The Morgan fingerprint density at radius 2 is 1.31 bits per heavy atom. The van der Waals surface area contributed by atoms with Crippen LogP contribution in [0.2, 0.25) is 0 Å². The Labute approximate surface area is 109 Å². The third-order valence-corrected chi connectivity index (χ3v) is 1.74. The fourth-order valence-electron chi connectivity index (χ4n) is 1.14. The van der Waals surface area contributed by atoms with Gasteiger partial charge in [0.05, 0.1) is 0 Å². The van der Waals surface area contributed by atoms with Crippen molar-refractivity contribution in [3.05, 3.63) is 36.1 Å². The minimum Gasteiger partial charge on any atom is -0.876 e. The Hall–Kier alpha value is -0.791. The summed E-state index contributed by atoms with van der Waals surface area (Å²) < 4.78 is 0. The summed E-state index contributed by atoms with van der Waals surface area (Å²) in [6.45, 7) is 2.70. The van der Waals surface area contributed by atoms with E-state index in [0.29, 0.717) is 0 Å². The first-order chi connectivity index (χ1) is 7.13. The SMILES string of the molecule is C1=C\CC/C=C\CC/1.CC(=O)/C=C(/C)[O-].[Cu+]. The largest absolute Gasteiger partial charge is 1.00 e. The van der Waals surface area contributed by atoms with Crippen LogP contribution < -0.4 is 5.11 Å². The Bertz CT molecular complexity index is 235. The van der Waals surface area contributed by atoms with Gasteiger partial charge >= 0.3 is 17.1 Å². The second-order valence-electron chi connectivity index (χ2n) is 3.46. The summed E-state index contributed by atoms with van der Waals surface area (Å²) in [7, 11) is 0. The molecule has 94 valence electrons. The number of carbonyl (C=O) groups is 1. The van der Waals surface area contributed by atoms with E-state index < -0.39 is 0 Å². The van der Waals surface area contributed by atoms with Crippen LogP contribution >= 0.6 is 0 Å². The van der Waals surface area contributed by atoms with Crippen molar-refractivity contribution in [3.8, 4) is 0 Å². The number of hydrogen-bond acceptors (Lipinski definition) is 2. The van der Waals surface area contributed by atoms with Crippen LogP contribution in [0.5, 0.6) is 0 Å². The van der Waals surface area contributed by atoms with Crippen molar-refractivity contribution in [2.75, 3.05) is 0 Å². The summed E-state index contributed by atoms with van der Waals surface area (Å²) in [4.78, 5) is 9.98. The summed E-state index contributed by atoms with van der Waals surface area (Å²) in [5.74, 6) is -0.375. The molecule has 0 heterocycles. The molecule has 0 bridgehead atoms. The molecule has 0 atom stereocenters. The van der Waals surface area contributed by atoms with Crippen molar-refractivity contribution >= 4 is 5.78 Å². The van der Waals surface area contributed by atoms with Gasteiger partial charge < -0.3 is 5.11 Å². The van der Waals surface area contributed by atoms with Crippen LogP contribution in [0.4, 0.5) is 0 Å². The van der Waals surface area contributed by atoms with E-state index in [1.165, 1.54) is 39.5 Å². The molecule has 0 unspecified atom stereocenters. The van der Waals surface area contributed by atoms with Gasteiger partial charge in [-0.15, -0.1) is 5.76 Å². The van der Waals surface area contributed by atoms with Gasteiger partial charge in [0.25, 0.3) is 0 Å². The molecule has 0 aromatic heterocycles. The van der Waals surface area contributed by atoms with Gasteiger partial charge in [0.1, 0.15) is 0 Å². The molecule has 0 aromatic rings. The van der Waals surface area contributed by atoms with Crippen molar-refractivity contribution in [2.45, 2.75) is 39.5 Å². The van der Waals surface area contributed by atoms with Crippen LogP contribution in [-0.4, -0.2) is 5.78 Å². The molecule has 0 amide bonds. The molecule has 0 aliphatic heterocycles. The van der Waals surface area contributed by atoms with Crippen molar-refractivity contribution in [1.29, 1.82) is 0 Å². The van der Waals surface area contributed by atoms with E-state index in [1.807, 2.05) is 0 Å². The molecule has 1 rings (SSSR count). The summed E-state index contributed by atoms with van der Waals surface area (Å²) in [5.41, 5.74) is 0. The maximum Gasteiger partial charge on any atom is 1.00 e. The quantitative estimate of drug-likeness (QED) is 0.318. The predicted molar refractivity (Wildman–Crippen MR) is 61.2 cm³/mol. The Morgan fingerprint density at radius 1 is 1.00 bits per heavy atom. The topological polar surface area (TPSA) is 40.1 Å². The molecule has 0 fully saturated rings. The number of allylic oxidation sites excluding steroid dienone is 6. The normalized spacial score (nSPS) is 19.0. The molecule has 0 saturated carbocycles. The summed E-state index contributed by atoms with van der Waals surface area (Å²) in [6, 6.07) is 0. The van der Waals surface area contributed by atoms with Crippen molar-refractivity contribution < 1.29 is 27.0 Å². The molecular weight excluding hydrogens is 252 g/mol. The summed E-state index contributed by atoms with van der Waals surface area (Å²) >= 11 is 0. The average Bonchev–Trinajstić information content (AvgIpc) is 1.99. The van der Waals surface area contributed by atoms with Gasteiger partial charge in [-0.1, -0.05) is 31.2 Å². The Balaban J connectivity index is 0. The molecule has 0 spiro atoms. The second-order valence-corrected chi connectivity index (χ2v) is 3.46. The second kappa shape index (κ2) is 12.3. The predicted octanol–water partition coefficient (Wildman–Crippen LogP) is 2.51. The van der Waals surface area contributed by atoms with Crippen LogP contribution in [0.15, 0.2) is 36.1 Å². The van der Waals surface area contributed by atoms with Crippen LogP contribution in [0.1, 0.15) is 39.5 Å². The zero-order valence-corrected chi connectivity index (χ0v) is 10.8. The molecule has 3 heteroatoms. The number of rotatable bonds is 1. The van der Waals surface area contributed by atoms with Gasteiger partial charge in [0.2, 0.25) is 0 Å².